The quantitative estimate of drug-likeness (QED) is 0.373. The summed E-state index contributed by atoms with van der Waals surface area (Å²) < 4.78 is 7.89. The Labute approximate surface area is 219 Å². The van der Waals surface area contributed by atoms with Crippen LogP contribution in [0.15, 0.2) is 42.5 Å². The van der Waals surface area contributed by atoms with Crippen molar-refractivity contribution in [3.05, 3.63) is 65.0 Å². The van der Waals surface area contributed by atoms with Gasteiger partial charge in [0.25, 0.3) is 5.91 Å². The van der Waals surface area contributed by atoms with Crippen LogP contribution in [0.5, 0.6) is 5.75 Å². The summed E-state index contributed by atoms with van der Waals surface area (Å²) in [5, 5.41) is 3.49. The molecule has 3 aromatic rings. The van der Waals surface area contributed by atoms with Crippen molar-refractivity contribution in [3.63, 3.8) is 0 Å². The fourth-order valence-corrected chi connectivity index (χ4v) is 5.35. The maximum atomic E-state index is 12.9. The fourth-order valence-electron chi connectivity index (χ4n) is 5.35. The smallest absolute Gasteiger partial charge is 0.250 e. The minimum atomic E-state index is -0.507. The van der Waals surface area contributed by atoms with Gasteiger partial charge in [0.1, 0.15) is 5.75 Å². The van der Waals surface area contributed by atoms with Gasteiger partial charge in [-0.05, 0) is 75.9 Å². The number of nitrogens with zero attached hydrogens (tertiary/aromatic N) is 2. The Kier molecular flexibility index (Phi) is 7.35. The second-order valence-corrected chi connectivity index (χ2v) is 10.4. The summed E-state index contributed by atoms with van der Waals surface area (Å²) >= 11 is 0. The molecule has 196 valence electrons. The minimum Gasteiger partial charge on any atom is -0.494 e. The average Bonchev–Trinajstić information content (AvgIpc) is 3.16. The van der Waals surface area contributed by atoms with Crippen molar-refractivity contribution in [1.82, 2.24) is 4.57 Å². The number of amides is 1. The fraction of sp³-hybridized carbons (Fsp3) is 0.400. The molecule has 1 amide bonds. The van der Waals surface area contributed by atoms with E-state index in [4.69, 9.17) is 10.5 Å². The molecule has 7 heteroatoms. The summed E-state index contributed by atoms with van der Waals surface area (Å²) in [5.74, 6) is 0.464. The van der Waals surface area contributed by atoms with Crippen molar-refractivity contribution >= 4 is 28.8 Å². The van der Waals surface area contributed by atoms with Crippen LogP contribution in [0.2, 0.25) is 0 Å². The first-order valence-electron chi connectivity index (χ1n) is 13.1. The molecule has 37 heavy (non-hydrogen) atoms. The normalized spacial score (nSPS) is 14.3. The standard InChI is InChI=1S/C30H38N4O3/c1-7-33(8-2)26-16-21(37-9-3)11-13-24(26)32-25-15-20(10-12-22(25)29(31)36)34-19(4)14-23-27(34)17-30(5,6)18-28(23)35/h10-16,32H,7-9,17-18H2,1-6H3,(H2,31,36). The van der Waals surface area contributed by atoms with Crippen LogP contribution in [-0.4, -0.2) is 36.0 Å². The second-order valence-electron chi connectivity index (χ2n) is 10.4. The van der Waals surface area contributed by atoms with E-state index in [0.717, 1.165) is 59.3 Å². The van der Waals surface area contributed by atoms with Gasteiger partial charge in [-0.3, -0.25) is 9.59 Å². The number of aryl methyl sites for hydroxylation is 1. The molecule has 0 fully saturated rings. The highest BCUT2D eigenvalue weighted by Gasteiger charge is 2.34. The second kappa shape index (κ2) is 10.3. The van der Waals surface area contributed by atoms with E-state index in [0.29, 0.717) is 24.3 Å². The van der Waals surface area contributed by atoms with Crippen LogP contribution in [0.25, 0.3) is 5.69 Å². The molecule has 0 aliphatic heterocycles. The van der Waals surface area contributed by atoms with E-state index < -0.39 is 5.91 Å². The number of hydrogen-bond acceptors (Lipinski definition) is 5. The number of rotatable bonds is 9. The van der Waals surface area contributed by atoms with Gasteiger partial charge < -0.3 is 25.3 Å². The van der Waals surface area contributed by atoms with E-state index in [9.17, 15) is 9.59 Å². The van der Waals surface area contributed by atoms with Gasteiger partial charge in [0.15, 0.2) is 5.78 Å². The monoisotopic (exact) mass is 502 g/mol. The van der Waals surface area contributed by atoms with Crippen LogP contribution >= 0.6 is 0 Å². The number of benzene rings is 2. The number of hydrogen-bond donors (Lipinski definition) is 2. The number of anilines is 3. The van der Waals surface area contributed by atoms with Crippen molar-refractivity contribution in [1.29, 1.82) is 0 Å². The van der Waals surface area contributed by atoms with Gasteiger partial charge in [-0.1, -0.05) is 13.8 Å². The number of fused-ring (bicyclic) bond motifs is 1. The Hall–Kier alpha value is -3.74. The van der Waals surface area contributed by atoms with E-state index in [1.165, 1.54) is 0 Å². The topological polar surface area (TPSA) is 89.6 Å². The zero-order valence-corrected chi connectivity index (χ0v) is 22.8. The third kappa shape index (κ3) is 5.22. The highest BCUT2D eigenvalue weighted by molar-refractivity contribution is 6.01. The van der Waals surface area contributed by atoms with Crippen LogP contribution in [0.1, 0.15) is 73.1 Å². The molecule has 2 aromatic carbocycles. The maximum absolute atomic E-state index is 12.9. The Morgan fingerprint density at radius 1 is 1.05 bits per heavy atom. The van der Waals surface area contributed by atoms with Crippen molar-refractivity contribution in [3.8, 4) is 11.4 Å². The number of carbonyl (C=O) groups excluding carboxylic acids is 2. The minimum absolute atomic E-state index is 0.109. The van der Waals surface area contributed by atoms with Gasteiger partial charge in [-0.25, -0.2) is 0 Å². The van der Waals surface area contributed by atoms with Gasteiger partial charge in [-0.15, -0.1) is 0 Å². The first-order valence-corrected chi connectivity index (χ1v) is 13.1. The molecular formula is C30H38N4O3. The number of nitrogens with one attached hydrogen (secondary N) is 1. The van der Waals surface area contributed by atoms with Gasteiger partial charge >= 0.3 is 0 Å². The zero-order chi connectivity index (χ0) is 26.9. The van der Waals surface area contributed by atoms with Crippen molar-refractivity contribution < 1.29 is 14.3 Å². The molecule has 0 atom stereocenters. The molecule has 1 aliphatic carbocycles. The third-order valence-electron chi connectivity index (χ3n) is 7.05. The lowest BCUT2D eigenvalue weighted by molar-refractivity contribution is 0.0910. The predicted molar refractivity (Wildman–Crippen MR) is 150 cm³/mol. The van der Waals surface area contributed by atoms with Crippen LogP contribution in [0.4, 0.5) is 17.1 Å². The SMILES string of the molecule is CCOc1ccc(Nc2cc(-n3c(C)cc4c3CC(C)(C)CC4=O)ccc2C(N)=O)c(N(CC)CC)c1. The highest BCUT2D eigenvalue weighted by Crippen LogP contribution is 2.39. The molecule has 0 unspecified atom stereocenters. The molecule has 0 radical (unpaired) electrons. The van der Waals surface area contributed by atoms with Crippen LogP contribution in [0, 0.1) is 12.3 Å². The van der Waals surface area contributed by atoms with Gasteiger partial charge in [0, 0.05) is 48.2 Å². The molecule has 3 N–H and O–H groups in total. The third-order valence-corrected chi connectivity index (χ3v) is 7.05. The van der Waals surface area contributed by atoms with Crippen molar-refractivity contribution in [2.75, 3.05) is 29.9 Å². The number of Topliss-reactive ketones (excluding diaryl/α,β-unsaturated/α-hetero) is 1. The molecule has 1 aliphatic rings. The Balaban J connectivity index is 1.83. The lowest BCUT2D eigenvalue weighted by Gasteiger charge is -2.30. The van der Waals surface area contributed by atoms with Crippen molar-refractivity contribution in [2.45, 2.75) is 54.4 Å². The average molecular weight is 503 g/mol. The molecular weight excluding hydrogens is 464 g/mol. The Bertz CT molecular complexity index is 1330. The van der Waals surface area contributed by atoms with E-state index >= 15 is 0 Å². The highest BCUT2D eigenvalue weighted by atomic mass is 16.5. The predicted octanol–water partition coefficient (Wildman–Crippen LogP) is 6.03. The first-order chi connectivity index (χ1) is 17.6. The molecule has 4 rings (SSSR count). The van der Waals surface area contributed by atoms with E-state index in [-0.39, 0.29) is 11.2 Å². The van der Waals surface area contributed by atoms with Gasteiger partial charge in [-0.2, -0.15) is 0 Å². The first kappa shape index (κ1) is 26.3. The van der Waals surface area contributed by atoms with Crippen molar-refractivity contribution in [2.24, 2.45) is 11.1 Å². The molecule has 0 saturated heterocycles. The van der Waals surface area contributed by atoms with Crippen LogP contribution < -0.4 is 20.7 Å². The number of ketones is 1. The van der Waals surface area contributed by atoms with Gasteiger partial charge in [0.05, 0.1) is 29.2 Å². The molecule has 0 saturated carbocycles. The Morgan fingerprint density at radius 2 is 1.78 bits per heavy atom. The van der Waals surface area contributed by atoms with Gasteiger partial charge in [0.2, 0.25) is 0 Å². The molecule has 1 heterocycles. The number of nitrogens with two attached hydrogens (primary N) is 1. The summed E-state index contributed by atoms with van der Waals surface area (Å²) in [6.45, 7) is 14.7. The largest absolute Gasteiger partial charge is 0.494 e. The van der Waals surface area contributed by atoms with Crippen LogP contribution in [-0.2, 0) is 6.42 Å². The van der Waals surface area contributed by atoms with E-state index in [1.54, 1.807) is 6.07 Å². The number of aromatic nitrogens is 1. The Morgan fingerprint density at radius 3 is 2.43 bits per heavy atom. The number of carbonyl (C=O) groups is 2. The molecule has 7 nitrogen and oxygen atoms in total. The zero-order valence-electron chi connectivity index (χ0n) is 22.8. The number of ether oxygens (including phenoxy) is 1. The summed E-state index contributed by atoms with van der Waals surface area (Å²) in [5.41, 5.74) is 12.2. The summed E-state index contributed by atoms with van der Waals surface area (Å²) in [4.78, 5) is 27.5. The van der Waals surface area contributed by atoms with Crippen LogP contribution in [0.3, 0.4) is 0 Å². The van der Waals surface area contributed by atoms with E-state index in [1.807, 2.05) is 50.2 Å². The summed E-state index contributed by atoms with van der Waals surface area (Å²) in [7, 11) is 0. The molecule has 1 aromatic heterocycles. The maximum Gasteiger partial charge on any atom is 0.250 e. The number of primary amides is 1. The molecule has 0 spiro atoms. The summed E-state index contributed by atoms with van der Waals surface area (Å²) in [6.07, 6.45) is 1.34. The lowest BCUT2D eigenvalue weighted by atomic mass is 9.76. The summed E-state index contributed by atoms with van der Waals surface area (Å²) in [6, 6.07) is 13.5. The lowest BCUT2D eigenvalue weighted by Crippen LogP contribution is -2.27. The molecule has 0 bridgehead atoms. The van der Waals surface area contributed by atoms with E-state index in [2.05, 4.69) is 42.5 Å².